The largest absolute Gasteiger partial charge is 0.334 e. The fraction of sp³-hybridized carbons (Fsp3) is 0.529. The van der Waals surface area contributed by atoms with Crippen LogP contribution < -0.4 is 10.5 Å². The second kappa shape index (κ2) is 8.04. The quantitative estimate of drug-likeness (QED) is 0.771. The van der Waals surface area contributed by atoms with E-state index in [1.807, 2.05) is 13.8 Å². The molecule has 2 aromatic rings. The molecule has 1 fully saturated rings. The van der Waals surface area contributed by atoms with Gasteiger partial charge < -0.3 is 10.3 Å². The van der Waals surface area contributed by atoms with Gasteiger partial charge in [0.2, 0.25) is 10.0 Å². The van der Waals surface area contributed by atoms with E-state index in [0.717, 1.165) is 25.7 Å². The average Bonchev–Trinajstić information content (AvgIpc) is 3.23. The second-order valence-electron chi connectivity index (χ2n) is 7.06. The summed E-state index contributed by atoms with van der Waals surface area (Å²) in [6, 6.07) is 6.41. The monoisotopic (exact) mass is 400 g/mol. The summed E-state index contributed by atoms with van der Waals surface area (Å²) in [4.78, 5) is 4.63. The van der Waals surface area contributed by atoms with E-state index in [1.165, 1.54) is 12.1 Å². The van der Waals surface area contributed by atoms with E-state index in [1.54, 1.807) is 12.1 Å². The highest BCUT2D eigenvalue weighted by atomic mass is 35.5. The van der Waals surface area contributed by atoms with Crippen molar-refractivity contribution in [1.29, 1.82) is 0 Å². The molecule has 1 aliphatic carbocycles. The maximum Gasteiger partial charge on any atom is 0.257 e. The summed E-state index contributed by atoms with van der Waals surface area (Å²) in [5, 5.41) is 4.02. The number of halogens is 1. The molecule has 3 rings (SSSR count). The molecule has 0 unspecified atom stereocenters. The zero-order valence-electron chi connectivity index (χ0n) is 14.9. The number of aromatic nitrogens is 2. The molecule has 1 aliphatic rings. The molecule has 3 N–H and O–H groups in total. The number of rotatable bonds is 6. The average molecular weight is 401 g/mol. The van der Waals surface area contributed by atoms with E-state index in [0.29, 0.717) is 23.8 Å². The van der Waals surface area contributed by atoms with Gasteiger partial charge in [-0.1, -0.05) is 31.8 Å². The number of nitrogens with two attached hydrogens (primary N) is 1. The number of hydrogen-bond donors (Lipinski definition) is 2. The van der Waals surface area contributed by atoms with Crippen molar-refractivity contribution in [2.75, 3.05) is 6.54 Å². The van der Waals surface area contributed by atoms with E-state index in [2.05, 4.69) is 14.9 Å². The summed E-state index contributed by atoms with van der Waals surface area (Å²) in [7, 11) is -3.51. The van der Waals surface area contributed by atoms with E-state index in [4.69, 9.17) is 10.3 Å². The molecular formula is C17H25ClN4O3S. The van der Waals surface area contributed by atoms with Crippen LogP contribution in [-0.2, 0) is 15.6 Å². The summed E-state index contributed by atoms with van der Waals surface area (Å²) in [5.74, 6) is 1.12. The summed E-state index contributed by atoms with van der Waals surface area (Å²) in [5.41, 5.74) is 6.50. The van der Waals surface area contributed by atoms with Crippen molar-refractivity contribution in [1.82, 2.24) is 14.9 Å². The number of benzene rings is 1. The lowest BCUT2D eigenvalue weighted by molar-refractivity contribution is 0.372. The van der Waals surface area contributed by atoms with Gasteiger partial charge in [-0.2, -0.15) is 4.98 Å². The van der Waals surface area contributed by atoms with Gasteiger partial charge in [-0.25, -0.2) is 13.1 Å². The molecule has 0 saturated heterocycles. The van der Waals surface area contributed by atoms with E-state index in [-0.39, 0.29) is 23.2 Å². The third kappa shape index (κ3) is 4.43. The molecular weight excluding hydrogens is 376 g/mol. The van der Waals surface area contributed by atoms with Gasteiger partial charge in [0, 0.05) is 12.1 Å². The molecule has 1 aromatic carbocycles. The van der Waals surface area contributed by atoms with Crippen molar-refractivity contribution < 1.29 is 12.9 Å². The molecule has 0 bridgehead atoms. The molecule has 9 heteroatoms. The predicted molar refractivity (Wildman–Crippen MR) is 101 cm³/mol. The molecule has 0 spiro atoms. The molecule has 144 valence electrons. The van der Waals surface area contributed by atoms with Crippen LogP contribution in [0.3, 0.4) is 0 Å². The lowest BCUT2D eigenvalue weighted by Crippen LogP contribution is -2.34. The highest BCUT2D eigenvalue weighted by Crippen LogP contribution is 2.35. The third-order valence-corrected chi connectivity index (χ3v) is 5.90. The Morgan fingerprint density at radius 2 is 1.85 bits per heavy atom. The normalized spacial score (nSPS) is 16.6. The molecule has 26 heavy (non-hydrogen) atoms. The fourth-order valence-electron chi connectivity index (χ4n) is 2.91. The van der Waals surface area contributed by atoms with E-state index >= 15 is 0 Å². The molecule has 7 nitrogen and oxygen atoms in total. The van der Waals surface area contributed by atoms with Crippen LogP contribution in [0.25, 0.3) is 11.5 Å². The Balaban J connectivity index is 0.00000243. The first-order valence-corrected chi connectivity index (χ1v) is 10.0. The minimum atomic E-state index is -3.51. The van der Waals surface area contributed by atoms with E-state index < -0.39 is 15.6 Å². The SMILES string of the molecule is CC(C)CNS(=O)(=O)c1ccc(-c2nc(C3(N)CCCC3)no2)cc1.Cl. The van der Waals surface area contributed by atoms with Crippen molar-refractivity contribution in [3.8, 4) is 11.5 Å². The Kier molecular flexibility index (Phi) is 6.44. The molecule has 1 heterocycles. The van der Waals surface area contributed by atoms with Crippen molar-refractivity contribution in [2.24, 2.45) is 11.7 Å². The van der Waals surface area contributed by atoms with Gasteiger partial charge in [-0.15, -0.1) is 12.4 Å². The molecule has 0 radical (unpaired) electrons. The van der Waals surface area contributed by atoms with Gasteiger partial charge in [0.1, 0.15) is 0 Å². The van der Waals surface area contributed by atoms with Crippen LogP contribution in [0.4, 0.5) is 0 Å². The third-order valence-electron chi connectivity index (χ3n) is 4.46. The highest BCUT2D eigenvalue weighted by Gasteiger charge is 2.36. The Bertz CT molecular complexity index is 828. The number of sulfonamides is 1. The predicted octanol–water partition coefficient (Wildman–Crippen LogP) is 2.82. The Hall–Kier alpha value is -1.48. The zero-order chi connectivity index (χ0) is 18.1. The maximum absolute atomic E-state index is 12.2. The van der Waals surface area contributed by atoms with Crippen LogP contribution in [0.5, 0.6) is 0 Å². The van der Waals surface area contributed by atoms with E-state index in [9.17, 15) is 8.42 Å². The number of hydrogen-bond acceptors (Lipinski definition) is 6. The Labute approximate surface area is 160 Å². The Morgan fingerprint density at radius 3 is 2.42 bits per heavy atom. The van der Waals surface area contributed by atoms with Gasteiger partial charge >= 0.3 is 0 Å². The standard InChI is InChI=1S/C17H24N4O3S.ClH/c1-12(2)11-19-25(22,23)14-7-5-13(6-8-14)15-20-16(21-24-15)17(18)9-3-4-10-17;/h5-8,12,19H,3-4,9-11,18H2,1-2H3;1H. The Morgan fingerprint density at radius 1 is 1.23 bits per heavy atom. The van der Waals surface area contributed by atoms with Crippen molar-refractivity contribution in [2.45, 2.75) is 50.0 Å². The molecule has 0 amide bonds. The first kappa shape index (κ1) is 20.8. The van der Waals surface area contributed by atoms with Crippen LogP contribution >= 0.6 is 12.4 Å². The van der Waals surface area contributed by atoms with Gasteiger partial charge in [0.15, 0.2) is 5.82 Å². The fourth-order valence-corrected chi connectivity index (χ4v) is 4.12. The first-order valence-electron chi connectivity index (χ1n) is 8.53. The molecule has 1 saturated carbocycles. The minimum Gasteiger partial charge on any atom is -0.334 e. The van der Waals surface area contributed by atoms with Gasteiger partial charge in [0.05, 0.1) is 10.4 Å². The smallest absolute Gasteiger partial charge is 0.257 e. The van der Waals surface area contributed by atoms with Crippen LogP contribution in [-0.4, -0.2) is 25.1 Å². The zero-order valence-corrected chi connectivity index (χ0v) is 16.6. The molecule has 1 aromatic heterocycles. The summed E-state index contributed by atoms with van der Waals surface area (Å²) < 4.78 is 32.4. The molecule has 0 aliphatic heterocycles. The van der Waals surface area contributed by atoms with Gasteiger partial charge in [-0.05, 0) is 43.0 Å². The first-order chi connectivity index (χ1) is 11.8. The minimum absolute atomic E-state index is 0. The lowest BCUT2D eigenvalue weighted by Gasteiger charge is -2.17. The van der Waals surface area contributed by atoms with Crippen LogP contribution in [0.15, 0.2) is 33.7 Å². The van der Waals surface area contributed by atoms with Crippen LogP contribution in [0.1, 0.15) is 45.4 Å². The summed E-state index contributed by atoms with van der Waals surface area (Å²) in [6.07, 6.45) is 3.84. The highest BCUT2D eigenvalue weighted by molar-refractivity contribution is 7.89. The lowest BCUT2D eigenvalue weighted by atomic mass is 9.99. The van der Waals surface area contributed by atoms with Crippen molar-refractivity contribution >= 4 is 22.4 Å². The van der Waals surface area contributed by atoms with Gasteiger partial charge in [-0.3, -0.25) is 0 Å². The van der Waals surface area contributed by atoms with Crippen molar-refractivity contribution in [3.05, 3.63) is 30.1 Å². The van der Waals surface area contributed by atoms with Crippen molar-refractivity contribution in [3.63, 3.8) is 0 Å². The summed E-state index contributed by atoms with van der Waals surface area (Å²) >= 11 is 0. The maximum atomic E-state index is 12.2. The number of nitrogens with zero attached hydrogens (tertiary/aromatic N) is 2. The molecule has 0 atom stereocenters. The van der Waals surface area contributed by atoms with Gasteiger partial charge in [0.25, 0.3) is 5.89 Å². The summed E-state index contributed by atoms with van der Waals surface area (Å²) in [6.45, 7) is 4.30. The van der Waals surface area contributed by atoms with Crippen LogP contribution in [0, 0.1) is 5.92 Å². The number of nitrogens with one attached hydrogen (secondary N) is 1. The topological polar surface area (TPSA) is 111 Å². The van der Waals surface area contributed by atoms with Crippen LogP contribution in [0.2, 0.25) is 0 Å². The second-order valence-corrected chi connectivity index (χ2v) is 8.82.